The molecule has 0 aromatic heterocycles. The zero-order valence-electron chi connectivity index (χ0n) is 14.0. The van der Waals surface area contributed by atoms with Crippen molar-refractivity contribution >= 4 is 17.7 Å². The summed E-state index contributed by atoms with van der Waals surface area (Å²) in [6.45, 7) is 6.13. The molecule has 2 aliphatic rings. The van der Waals surface area contributed by atoms with Crippen molar-refractivity contribution in [2.75, 3.05) is 20.3 Å². The van der Waals surface area contributed by atoms with E-state index in [-0.39, 0.29) is 48.3 Å². The molecule has 1 saturated heterocycles. The van der Waals surface area contributed by atoms with Crippen LogP contribution in [0.2, 0.25) is 0 Å². The maximum atomic E-state index is 12.4. The highest BCUT2D eigenvalue weighted by Gasteiger charge is 2.48. The van der Waals surface area contributed by atoms with Gasteiger partial charge >= 0.3 is 0 Å². The largest absolute Gasteiger partial charge is 0.350 e. The van der Waals surface area contributed by atoms with Gasteiger partial charge in [0.25, 0.3) is 0 Å². The topological polar surface area (TPSA) is 69.7 Å². The number of amides is 3. The highest BCUT2D eigenvalue weighted by molar-refractivity contribution is 6.05. The van der Waals surface area contributed by atoms with Crippen molar-refractivity contribution in [2.24, 2.45) is 11.8 Å². The zero-order valence-corrected chi connectivity index (χ0v) is 14.0. The van der Waals surface area contributed by atoms with Gasteiger partial charge < -0.3 is 5.32 Å². The second kappa shape index (κ2) is 6.36. The van der Waals surface area contributed by atoms with Crippen LogP contribution in [0.25, 0.3) is 0 Å². The third-order valence-corrected chi connectivity index (χ3v) is 4.24. The predicted octanol–water partition coefficient (Wildman–Crippen LogP) is 0.966. The monoisotopic (exact) mass is 309 g/mol. The molecule has 124 valence electrons. The number of carbonyl (C=O) groups is 3. The Kier molecular flexibility index (Phi) is 4.90. The van der Waals surface area contributed by atoms with Gasteiger partial charge in [0.15, 0.2) is 0 Å². The Morgan fingerprint density at radius 2 is 1.68 bits per heavy atom. The van der Waals surface area contributed by atoms with E-state index in [9.17, 15) is 14.4 Å². The number of nitrogens with zero attached hydrogens (tertiary/aromatic N) is 2. The molecule has 1 saturated carbocycles. The first-order valence-electron chi connectivity index (χ1n) is 8.04. The summed E-state index contributed by atoms with van der Waals surface area (Å²) in [6.07, 6.45) is 3.69. The van der Waals surface area contributed by atoms with E-state index in [1.807, 2.05) is 20.8 Å². The number of carbonyl (C=O) groups excluding carboxylic acids is 3. The number of likely N-dealkylation sites (tertiary alicyclic amines) is 1. The summed E-state index contributed by atoms with van der Waals surface area (Å²) in [5, 5.41) is 2.88. The van der Waals surface area contributed by atoms with Gasteiger partial charge in [-0.1, -0.05) is 12.8 Å². The number of nitrogens with one attached hydrogen (secondary N) is 1. The van der Waals surface area contributed by atoms with Crippen molar-refractivity contribution in [1.29, 1.82) is 0 Å². The van der Waals surface area contributed by atoms with Crippen LogP contribution in [0.15, 0.2) is 0 Å². The Labute approximate surface area is 132 Å². The quantitative estimate of drug-likeness (QED) is 0.786. The van der Waals surface area contributed by atoms with Crippen molar-refractivity contribution in [3.8, 4) is 0 Å². The van der Waals surface area contributed by atoms with Crippen molar-refractivity contribution in [3.05, 3.63) is 0 Å². The first kappa shape index (κ1) is 16.9. The summed E-state index contributed by atoms with van der Waals surface area (Å²) in [6, 6.07) is 0. The van der Waals surface area contributed by atoms with Crippen molar-refractivity contribution < 1.29 is 14.4 Å². The molecule has 2 fully saturated rings. The van der Waals surface area contributed by atoms with Gasteiger partial charge in [0, 0.05) is 5.54 Å². The first-order chi connectivity index (χ1) is 10.2. The Hall–Kier alpha value is -1.43. The summed E-state index contributed by atoms with van der Waals surface area (Å²) in [5.74, 6) is -0.474. The minimum atomic E-state index is -0.286. The van der Waals surface area contributed by atoms with Crippen LogP contribution in [0.4, 0.5) is 0 Å². The summed E-state index contributed by atoms with van der Waals surface area (Å²) in [7, 11) is 1.75. The number of likely N-dealkylation sites (N-methyl/N-ethyl adjacent to an activating group) is 1. The average molecular weight is 309 g/mol. The Balaban J connectivity index is 1.91. The summed E-state index contributed by atoms with van der Waals surface area (Å²) < 4.78 is 0. The Bertz CT molecular complexity index is 446. The molecule has 1 aliphatic carbocycles. The van der Waals surface area contributed by atoms with E-state index in [0.717, 1.165) is 25.7 Å². The maximum absolute atomic E-state index is 12.4. The number of hydrogen-bond donors (Lipinski definition) is 1. The molecule has 0 radical (unpaired) electrons. The van der Waals surface area contributed by atoms with Gasteiger partial charge in [-0.05, 0) is 40.7 Å². The molecule has 0 bridgehead atoms. The minimum Gasteiger partial charge on any atom is -0.350 e. The van der Waals surface area contributed by atoms with E-state index in [4.69, 9.17) is 0 Å². The lowest BCUT2D eigenvalue weighted by atomic mass is 9.81. The van der Waals surface area contributed by atoms with Gasteiger partial charge in [0.1, 0.15) is 0 Å². The lowest BCUT2D eigenvalue weighted by Gasteiger charge is -2.25. The van der Waals surface area contributed by atoms with Crippen molar-refractivity contribution in [3.63, 3.8) is 0 Å². The van der Waals surface area contributed by atoms with Crippen LogP contribution in [-0.2, 0) is 14.4 Å². The first-order valence-corrected chi connectivity index (χ1v) is 8.04. The lowest BCUT2D eigenvalue weighted by Crippen LogP contribution is -2.48. The van der Waals surface area contributed by atoms with Crippen LogP contribution < -0.4 is 5.32 Å². The van der Waals surface area contributed by atoms with Gasteiger partial charge in [-0.3, -0.25) is 24.2 Å². The van der Waals surface area contributed by atoms with E-state index < -0.39 is 0 Å². The third-order valence-electron chi connectivity index (χ3n) is 4.24. The second-order valence-corrected chi connectivity index (χ2v) is 7.56. The third kappa shape index (κ3) is 3.85. The molecule has 6 nitrogen and oxygen atoms in total. The molecule has 0 spiro atoms. The fraction of sp³-hybridized carbons (Fsp3) is 0.812. The molecule has 1 aliphatic heterocycles. The molecule has 22 heavy (non-hydrogen) atoms. The molecule has 3 amide bonds. The van der Waals surface area contributed by atoms with Gasteiger partial charge in [0.2, 0.25) is 17.7 Å². The Morgan fingerprint density at radius 3 is 2.14 bits per heavy atom. The van der Waals surface area contributed by atoms with Crippen LogP contribution in [0.1, 0.15) is 46.5 Å². The molecule has 0 aromatic carbocycles. The van der Waals surface area contributed by atoms with E-state index in [0.29, 0.717) is 0 Å². The highest BCUT2D eigenvalue weighted by Crippen LogP contribution is 2.37. The molecule has 2 atom stereocenters. The van der Waals surface area contributed by atoms with E-state index in [2.05, 4.69) is 5.32 Å². The van der Waals surface area contributed by atoms with Gasteiger partial charge in [-0.15, -0.1) is 0 Å². The van der Waals surface area contributed by atoms with Crippen LogP contribution in [0, 0.1) is 11.8 Å². The average Bonchev–Trinajstić information content (AvgIpc) is 2.62. The van der Waals surface area contributed by atoms with Crippen LogP contribution in [0.3, 0.4) is 0 Å². The van der Waals surface area contributed by atoms with Crippen LogP contribution >= 0.6 is 0 Å². The van der Waals surface area contributed by atoms with Gasteiger partial charge in [-0.2, -0.15) is 0 Å². The van der Waals surface area contributed by atoms with E-state index in [1.54, 1.807) is 11.9 Å². The number of hydrogen-bond acceptors (Lipinski definition) is 4. The second-order valence-electron chi connectivity index (χ2n) is 7.56. The molecular weight excluding hydrogens is 282 g/mol. The molecule has 0 unspecified atom stereocenters. The normalized spacial score (nSPS) is 25.6. The van der Waals surface area contributed by atoms with Crippen LogP contribution in [-0.4, -0.2) is 53.3 Å². The summed E-state index contributed by atoms with van der Waals surface area (Å²) in [4.78, 5) is 39.7. The lowest BCUT2D eigenvalue weighted by molar-refractivity contribution is -0.143. The molecule has 1 N–H and O–H groups in total. The standard InChI is InChI=1S/C16H27N3O3/c1-16(2,3)17-13(20)9-18(4)10-19-14(21)11-7-5-6-8-12(11)15(19)22/h11-12H,5-10H2,1-4H3,(H,17,20)/t11-,12+. The van der Waals surface area contributed by atoms with E-state index >= 15 is 0 Å². The minimum absolute atomic E-state index is 0.0576. The maximum Gasteiger partial charge on any atom is 0.234 e. The SMILES string of the molecule is CN(CC(=O)NC(C)(C)C)CN1C(=O)[C@H]2CCCC[C@H]2C1=O. The molecule has 2 rings (SSSR count). The molecule has 6 heteroatoms. The zero-order chi connectivity index (χ0) is 16.5. The number of fused-ring (bicyclic) bond motifs is 1. The predicted molar refractivity (Wildman–Crippen MR) is 82.7 cm³/mol. The molecule has 1 heterocycles. The van der Waals surface area contributed by atoms with Crippen LogP contribution in [0.5, 0.6) is 0 Å². The van der Waals surface area contributed by atoms with Crippen molar-refractivity contribution in [2.45, 2.75) is 52.0 Å². The van der Waals surface area contributed by atoms with Crippen molar-refractivity contribution in [1.82, 2.24) is 15.1 Å². The Morgan fingerprint density at radius 1 is 1.18 bits per heavy atom. The van der Waals surface area contributed by atoms with Gasteiger partial charge in [0.05, 0.1) is 25.0 Å². The smallest absolute Gasteiger partial charge is 0.234 e. The summed E-state index contributed by atoms with van der Waals surface area (Å²) in [5.41, 5.74) is -0.286. The number of rotatable bonds is 4. The summed E-state index contributed by atoms with van der Waals surface area (Å²) >= 11 is 0. The fourth-order valence-electron chi connectivity index (χ4n) is 3.36. The molecule has 0 aromatic rings. The van der Waals surface area contributed by atoms with Gasteiger partial charge in [-0.25, -0.2) is 0 Å². The number of imide groups is 1. The molecular formula is C16H27N3O3. The fourth-order valence-corrected chi connectivity index (χ4v) is 3.36. The highest BCUT2D eigenvalue weighted by atomic mass is 16.2. The van der Waals surface area contributed by atoms with E-state index in [1.165, 1.54) is 4.90 Å².